The van der Waals surface area contributed by atoms with Crippen LogP contribution in [0.4, 0.5) is 0 Å². The van der Waals surface area contributed by atoms with Gasteiger partial charge in [0, 0.05) is 5.92 Å². The molecule has 4 N–H and O–H groups in total. The topological polar surface area (TPSA) is 110 Å². The van der Waals surface area contributed by atoms with Crippen molar-refractivity contribution in [3.63, 3.8) is 0 Å². The number of nitrogens with two attached hydrogens (primary N) is 1. The molecule has 6 heteroatoms. The first-order valence-electron chi connectivity index (χ1n) is 8.47. The molecule has 0 aliphatic heterocycles. The summed E-state index contributed by atoms with van der Waals surface area (Å²) in [6.07, 6.45) is 0.834. The molecular formula is C20H21NO5. The molecule has 0 radical (unpaired) electrons. The predicted molar refractivity (Wildman–Crippen MR) is 95.1 cm³/mol. The first-order valence-corrected chi connectivity index (χ1v) is 8.47. The van der Waals surface area contributed by atoms with Gasteiger partial charge >= 0.3 is 11.9 Å². The van der Waals surface area contributed by atoms with Crippen LogP contribution in [-0.4, -0.2) is 27.7 Å². The van der Waals surface area contributed by atoms with Crippen LogP contribution in [0.1, 0.15) is 18.4 Å². The lowest BCUT2D eigenvalue weighted by atomic mass is 9.86. The molecule has 1 aliphatic rings. The Morgan fingerprint density at radius 1 is 1.08 bits per heavy atom. The van der Waals surface area contributed by atoms with Crippen LogP contribution < -0.4 is 10.5 Å². The summed E-state index contributed by atoms with van der Waals surface area (Å²) in [7, 11) is 0. The van der Waals surface area contributed by atoms with Gasteiger partial charge in [-0.3, -0.25) is 9.59 Å². The minimum Gasteiger partial charge on any atom is -0.481 e. The van der Waals surface area contributed by atoms with E-state index in [1.807, 2.05) is 54.6 Å². The fourth-order valence-electron chi connectivity index (χ4n) is 3.26. The van der Waals surface area contributed by atoms with Crippen LogP contribution in [0.5, 0.6) is 11.5 Å². The van der Waals surface area contributed by atoms with Crippen molar-refractivity contribution in [2.45, 2.75) is 24.8 Å². The Kier molecular flexibility index (Phi) is 4.95. The van der Waals surface area contributed by atoms with Gasteiger partial charge in [0.15, 0.2) is 0 Å². The van der Waals surface area contributed by atoms with Gasteiger partial charge in [-0.15, -0.1) is 0 Å². The summed E-state index contributed by atoms with van der Waals surface area (Å²) in [5.74, 6) is -2.04. The summed E-state index contributed by atoms with van der Waals surface area (Å²) in [5.41, 5.74) is 5.40. The summed E-state index contributed by atoms with van der Waals surface area (Å²) in [5, 5.41) is 18.7. The van der Waals surface area contributed by atoms with Gasteiger partial charge in [-0.05, 0) is 43.0 Å². The highest BCUT2D eigenvalue weighted by molar-refractivity contribution is 5.83. The number of aliphatic carboxylic acids is 2. The molecule has 3 rings (SSSR count). The highest BCUT2D eigenvalue weighted by Gasteiger charge is 2.58. The quantitative estimate of drug-likeness (QED) is 0.671. The number of benzene rings is 2. The van der Waals surface area contributed by atoms with Gasteiger partial charge < -0.3 is 20.7 Å². The molecule has 3 atom stereocenters. The second kappa shape index (κ2) is 7.17. The number of hydrogen-bond acceptors (Lipinski definition) is 4. The van der Waals surface area contributed by atoms with Crippen molar-refractivity contribution in [2.24, 2.45) is 17.6 Å². The van der Waals surface area contributed by atoms with E-state index in [9.17, 15) is 14.7 Å². The van der Waals surface area contributed by atoms with Crippen LogP contribution in [0.15, 0.2) is 54.6 Å². The Labute approximate surface area is 151 Å². The zero-order valence-corrected chi connectivity index (χ0v) is 14.2. The minimum absolute atomic E-state index is 0.145. The number of ether oxygens (including phenoxy) is 1. The van der Waals surface area contributed by atoms with Crippen LogP contribution in [-0.2, 0) is 16.0 Å². The van der Waals surface area contributed by atoms with E-state index >= 15 is 0 Å². The van der Waals surface area contributed by atoms with Gasteiger partial charge in [-0.1, -0.05) is 36.4 Å². The minimum atomic E-state index is -1.55. The van der Waals surface area contributed by atoms with E-state index in [0.29, 0.717) is 24.3 Å². The monoisotopic (exact) mass is 355 g/mol. The molecule has 0 amide bonds. The largest absolute Gasteiger partial charge is 0.481 e. The summed E-state index contributed by atoms with van der Waals surface area (Å²) < 4.78 is 5.89. The molecule has 6 nitrogen and oxygen atoms in total. The third-order valence-electron chi connectivity index (χ3n) is 4.92. The summed E-state index contributed by atoms with van der Waals surface area (Å²) >= 11 is 0. The fraction of sp³-hybridized carbons (Fsp3) is 0.300. The molecule has 2 aromatic rings. The zero-order valence-electron chi connectivity index (χ0n) is 14.2. The molecule has 1 saturated carbocycles. The number of para-hydroxylation sites is 2. The number of hydrogen-bond donors (Lipinski definition) is 3. The highest BCUT2D eigenvalue weighted by Crippen LogP contribution is 2.47. The Morgan fingerprint density at radius 3 is 2.35 bits per heavy atom. The molecule has 0 aromatic heterocycles. The summed E-state index contributed by atoms with van der Waals surface area (Å²) in [6, 6.07) is 16.7. The lowest BCUT2D eigenvalue weighted by Gasteiger charge is -2.25. The molecule has 2 aromatic carbocycles. The first kappa shape index (κ1) is 17.9. The zero-order chi connectivity index (χ0) is 18.7. The Morgan fingerprint density at radius 2 is 1.73 bits per heavy atom. The number of aryl methyl sites for hydroxylation is 1. The third kappa shape index (κ3) is 3.70. The third-order valence-corrected chi connectivity index (χ3v) is 4.92. The van der Waals surface area contributed by atoms with E-state index in [1.54, 1.807) is 0 Å². The lowest BCUT2D eigenvalue weighted by Crippen LogP contribution is -2.51. The molecule has 136 valence electrons. The van der Waals surface area contributed by atoms with E-state index in [2.05, 4.69) is 0 Å². The standard InChI is InChI=1S/C20H21NO5/c21-20(19(24)25,16-12-15(16)18(22)23)11-10-13-6-4-5-9-17(13)26-14-7-2-1-3-8-14/h1-9,15-16H,10-12,21H2,(H,22,23)(H,24,25). The molecule has 0 heterocycles. The van der Waals surface area contributed by atoms with Gasteiger partial charge in [-0.2, -0.15) is 0 Å². The van der Waals surface area contributed by atoms with Crippen molar-refractivity contribution in [1.29, 1.82) is 0 Å². The maximum absolute atomic E-state index is 11.7. The maximum atomic E-state index is 11.7. The fourth-order valence-corrected chi connectivity index (χ4v) is 3.26. The van der Waals surface area contributed by atoms with Crippen LogP contribution in [0.3, 0.4) is 0 Å². The van der Waals surface area contributed by atoms with E-state index in [-0.39, 0.29) is 6.42 Å². The van der Waals surface area contributed by atoms with Crippen molar-refractivity contribution in [2.75, 3.05) is 0 Å². The number of carbonyl (C=O) groups is 2. The first-order chi connectivity index (χ1) is 12.4. The number of rotatable bonds is 8. The molecule has 26 heavy (non-hydrogen) atoms. The van der Waals surface area contributed by atoms with Crippen molar-refractivity contribution in [3.8, 4) is 11.5 Å². The van der Waals surface area contributed by atoms with E-state index in [1.165, 1.54) is 0 Å². The van der Waals surface area contributed by atoms with Crippen molar-refractivity contribution < 1.29 is 24.5 Å². The highest BCUT2D eigenvalue weighted by atomic mass is 16.5. The van der Waals surface area contributed by atoms with Crippen molar-refractivity contribution in [1.82, 2.24) is 0 Å². The van der Waals surface area contributed by atoms with Crippen molar-refractivity contribution in [3.05, 3.63) is 60.2 Å². The molecule has 1 fully saturated rings. The lowest BCUT2D eigenvalue weighted by molar-refractivity contribution is -0.145. The molecule has 0 saturated heterocycles. The molecule has 1 aliphatic carbocycles. The Hall–Kier alpha value is -2.86. The van der Waals surface area contributed by atoms with Crippen LogP contribution in [0, 0.1) is 11.8 Å². The predicted octanol–water partition coefficient (Wildman–Crippen LogP) is 2.91. The second-order valence-corrected chi connectivity index (χ2v) is 6.66. The molecule has 0 bridgehead atoms. The SMILES string of the molecule is NC(CCc1ccccc1Oc1ccccc1)(C(=O)O)C1CC1C(=O)O. The number of carboxylic acids is 2. The molecule has 0 spiro atoms. The van der Waals surface area contributed by atoms with Gasteiger partial charge in [0.05, 0.1) is 5.92 Å². The van der Waals surface area contributed by atoms with Crippen LogP contribution in [0.2, 0.25) is 0 Å². The van der Waals surface area contributed by atoms with E-state index < -0.39 is 29.3 Å². The second-order valence-electron chi connectivity index (χ2n) is 6.66. The normalized spacial score (nSPS) is 20.8. The maximum Gasteiger partial charge on any atom is 0.324 e. The van der Waals surface area contributed by atoms with Gasteiger partial charge in [0.25, 0.3) is 0 Å². The summed E-state index contributed by atoms with van der Waals surface area (Å²) in [6.45, 7) is 0. The van der Waals surface area contributed by atoms with Gasteiger partial charge in [0.2, 0.25) is 0 Å². The molecular weight excluding hydrogens is 334 g/mol. The van der Waals surface area contributed by atoms with E-state index in [4.69, 9.17) is 15.6 Å². The average molecular weight is 355 g/mol. The average Bonchev–Trinajstić information content (AvgIpc) is 3.43. The van der Waals surface area contributed by atoms with Gasteiger partial charge in [-0.25, -0.2) is 0 Å². The van der Waals surface area contributed by atoms with Crippen LogP contribution >= 0.6 is 0 Å². The van der Waals surface area contributed by atoms with E-state index in [0.717, 1.165) is 5.56 Å². The Balaban J connectivity index is 1.74. The van der Waals surface area contributed by atoms with Crippen molar-refractivity contribution >= 4 is 11.9 Å². The van der Waals surface area contributed by atoms with Crippen LogP contribution in [0.25, 0.3) is 0 Å². The van der Waals surface area contributed by atoms with Gasteiger partial charge in [0.1, 0.15) is 17.0 Å². The summed E-state index contributed by atoms with van der Waals surface area (Å²) in [4.78, 5) is 22.8. The molecule has 3 unspecified atom stereocenters. The number of carboxylic acid groups (broad SMARTS) is 2. The smallest absolute Gasteiger partial charge is 0.324 e. The Bertz CT molecular complexity index is 807.